The summed E-state index contributed by atoms with van der Waals surface area (Å²) in [6.45, 7) is 12.8. The molecule has 37 heavy (non-hydrogen) atoms. The van der Waals surface area contributed by atoms with Gasteiger partial charge in [-0.3, -0.25) is 0 Å². The van der Waals surface area contributed by atoms with E-state index in [1.165, 1.54) is 89.9 Å². The van der Waals surface area contributed by atoms with E-state index in [1.54, 1.807) is 5.57 Å². The Morgan fingerprint density at radius 1 is 1.03 bits per heavy atom. The molecule has 1 N–H and O–H groups in total. The minimum absolute atomic E-state index is 0.0616. The Morgan fingerprint density at radius 3 is 2.62 bits per heavy atom. The van der Waals surface area contributed by atoms with Crippen LogP contribution < -0.4 is 5.32 Å². The topological polar surface area (TPSA) is 38.3 Å². The van der Waals surface area contributed by atoms with Crippen molar-refractivity contribution >= 4 is 6.09 Å². The average Bonchev–Trinajstić information content (AvgIpc) is 3.25. The van der Waals surface area contributed by atoms with Gasteiger partial charge < -0.3 is 10.1 Å². The number of amides is 1. The molecule has 0 saturated heterocycles. The second-order valence-electron chi connectivity index (χ2n) is 14.1. The van der Waals surface area contributed by atoms with Gasteiger partial charge in [0.2, 0.25) is 0 Å². The summed E-state index contributed by atoms with van der Waals surface area (Å²) in [4.78, 5) is 12.4. The van der Waals surface area contributed by atoms with E-state index in [0.29, 0.717) is 10.8 Å². The van der Waals surface area contributed by atoms with Crippen LogP contribution in [0, 0.1) is 40.4 Å². The number of carbonyl (C=O) groups is 1. The van der Waals surface area contributed by atoms with Gasteiger partial charge in [0.25, 0.3) is 0 Å². The molecule has 1 amide bonds. The Hall–Kier alpha value is -0.990. The van der Waals surface area contributed by atoms with Crippen LogP contribution in [0.2, 0.25) is 0 Å². The third-order valence-electron chi connectivity index (χ3n) is 11.8. The molecule has 4 unspecified atom stereocenters. The lowest BCUT2D eigenvalue weighted by molar-refractivity contribution is -0.0620. The number of allylic oxidation sites excluding steroid dienone is 1. The molecular weight excluding hydrogens is 454 g/mol. The number of unbranched alkanes of at least 4 members (excludes halogenated alkanes) is 4. The summed E-state index contributed by atoms with van der Waals surface area (Å²) in [5, 5.41) is 3.00. The summed E-state index contributed by atoms with van der Waals surface area (Å²) in [5.74, 6) is 4.48. The van der Waals surface area contributed by atoms with Crippen molar-refractivity contribution in [2.45, 2.75) is 150 Å². The van der Waals surface area contributed by atoms with Crippen LogP contribution >= 0.6 is 0 Å². The molecule has 3 saturated carbocycles. The second-order valence-corrected chi connectivity index (χ2v) is 14.1. The van der Waals surface area contributed by atoms with E-state index in [2.05, 4.69) is 46.0 Å². The number of rotatable bonds is 12. The van der Waals surface area contributed by atoms with Crippen molar-refractivity contribution < 1.29 is 9.53 Å². The molecule has 7 atom stereocenters. The monoisotopic (exact) mass is 513 g/mol. The summed E-state index contributed by atoms with van der Waals surface area (Å²) in [6, 6.07) is 0. The van der Waals surface area contributed by atoms with Crippen molar-refractivity contribution in [3.05, 3.63) is 11.6 Å². The van der Waals surface area contributed by atoms with Crippen molar-refractivity contribution in [1.29, 1.82) is 0 Å². The van der Waals surface area contributed by atoms with E-state index < -0.39 is 0 Å². The first-order valence-electron chi connectivity index (χ1n) is 16.5. The Morgan fingerprint density at radius 2 is 1.86 bits per heavy atom. The third kappa shape index (κ3) is 6.27. The standard InChI is InChI=1S/C34H59NO2/c1-6-8-9-12-23-35-32(36)37-28-19-21-33(5)27(24-28)15-17-29-30(33)20-22-34(7-2)26(16-18-31(29)34)14-11-10-13-25(3)4/h15,25-26,28-31H,6-14,16-24H2,1-5H3,(H,35,36)/t26-,28-,29?,30?,31?,33-,34?/m0/s1. The van der Waals surface area contributed by atoms with Crippen molar-refractivity contribution in [1.82, 2.24) is 5.32 Å². The van der Waals surface area contributed by atoms with Crippen molar-refractivity contribution in [2.75, 3.05) is 6.54 Å². The van der Waals surface area contributed by atoms with Crippen LogP contribution in [0.25, 0.3) is 0 Å². The van der Waals surface area contributed by atoms with E-state index in [9.17, 15) is 4.79 Å². The molecule has 3 nitrogen and oxygen atoms in total. The maximum Gasteiger partial charge on any atom is 0.407 e. The number of hydrogen-bond donors (Lipinski definition) is 1. The first kappa shape index (κ1) is 29.0. The van der Waals surface area contributed by atoms with Gasteiger partial charge in [-0.2, -0.15) is 0 Å². The summed E-state index contributed by atoms with van der Waals surface area (Å²) in [5.41, 5.74) is 2.57. The molecule has 0 heterocycles. The van der Waals surface area contributed by atoms with Gasteiger partial charge in [0.1, 0.15) is 6.10 Å². The van der Waals surface area contributed by atoms with Crippen LogP contribution in [0.3, 0.4) is 0 Å². The Bertz CT molecular complexity index is 774. The van der Waals surface area contributed by atoms with Gasteiger partial charge in [-0.15, -0.1) is 0 Å². The Labute approximate surface area is 229 Å². The fraction of sp³-hybridized carbons (Fsp3) is 0.912. The fourth-order valence-electron chi connectivity index (χ4n) is 9.69. The predicted molar refractivity (Wildman–Crippen MR) is 156 cm³/mol. The smallest absolute Gasteiger partial charge is 0.407 e. The minimum Gasteiger partial charge on any atom is -0.446 e. The molecule has 0 bridgehead atoms. The van der Waals surface area contributed by atoms with Crippen molar-refractivity contribution in [3.63, 3.8) is 0 Å². The largest absolute Gasteiger partial charge is 0.446 e. The highest BCUT2D eigenvalue weighted by molar-refractivity contribution is 5.67. The SMILES string of the molecule is CCCCCCNC(=O)O[C@H]1CC[C@@]2(C)C(=CCC3C4CC[C@H](CCCCC(C)C)C4(CC)CCC32)C1. The molecule has 0 radical (unpaired) electrons. The summed E-state index contributed by atoms with van der Waals surface area (Å²) in [7, 11) is 0. The van der Waals surface area contributed by atoms with E-state index in [4.69, 9.17) is 4.74 Å². The quantitative estimate of drug-likeness (QED) is 0.208. The highest BCUT2D eigenvalue weighted by Crippen LogP contribution is 2.68. The van der Waals surface area contributed by atoms with Crippen LogP contribution in [0.1, 0.15) is 144 Å². The Balaban J connectivity index is 1.34. The fourth-order valence-corrected chi connectivity index (χ4v) is 9.69. The maximum absolute atomic E-state index is 12.4. The van der Waals surface area contributed by atoms with Gasteiger partial charge in [0.15, 0.2) is 0 Å². The summed E-state index contributed by atoms with van der Waals surface area (Å²) in [6.07, 6.45) is 24.7. The molecule has 0 aromatic carbocycles. The number of carbonyl (C=O) groups excluding carboxylic acids is 1. The van der Waals surface area contributed by atoms with Gasteiger partial charge in [-0.05, 0) is 105 Å². The summed E-state index contributed by atoms with van der Waals surface area (Å²) >= 11 is 0. The number of hydrogen-bond acceptors (Lipinski definition) is 2. The number of alkyl carbamates (subject to hydrolysis) is 1. The molecule has 212 valence electrons. The van der Waals surface area contributed by atoms with E-state index in [-0.39, 0.29) is 12.2 Å². The number of ether oxygens (including phenoxy) is 1. The van der Waals surface area contributed by atoms with E-state index in [1.807, 2.05) is 0 Å². The van der Waals surface area contributed by atoms with Crippen LogP contribution in [0.15, 0.2) is 11.6 Å². The maximum atomic E-state index is 12.4. The molecule has 0 aromatic heterocycles. The lowest BCUT2D eigenvalue weighted by Gasteiger charge is -2.59. The molecule has 4 aliphatic carbocycles. The molecule has 0 aromatic rings. The minimum atomic E-state index is -0.199. The molecule has 0 aliphatic heterocycles. The highest BCUT2D eigenvalue weighted by atomic mass is 16.6. The average molecular weight is 514 g/mol. The van der Waals surface area contributed by atoms with Gasteiger partial charge in [-0.25, -0.2) is 4.79 Å². The molecular formula is C34H59NO2. The van der Waals surface area contributed by atoms with Crippen LogP contribution in [0.4, 0.5) is 4.79 Å². The van der Waals surface area contributed by atoms with Crippen molar-refractivity contribution in [2.24, 2.45) is 40.4 Å². The first-order chi connectivity index (χ1) is 17.8. The normalized spacial score (nSPS) is 36.9. The van der Waals surface area contributed by atoms with E-state index in [0.717, 1.165) is 55.4 Å². The molecule has 3 heteroatoms. The zero-order valence-electron chi connectivity index (χ0n) is 25.1. The number of fused-ring (bicyclic) bond motifs is 5. The molecule has 3 fully saturated rings. The van der Waals surface area contributed by atoms with Crippen LogP contribution in [-0.4, -0.2) is 18.7 Å². The third-order valence-corrected chi connectivity index (χ3v) is 11.8. The predicted octanol–water partition coefficient (Wildman–Crippen LogP) is 9.85. The molecule has 4 aliphatic rings. The van der Waals surface area contributed by atoms with Crippen LogP contribution in [0.5, 0.6) is 0 Å². The lowest BCUT2D eigenvalue weighted by Crippen LogP contribution is -2.51. The summed E-state index contributed by atoms with van der Waals surface area (Å²) < 4.78 is 5.92. The lowest BCUT2D eigenvalue weighted by atomic mass is 9.46. The van der Waals surface area contributed by atoms with Crippen molar-refractivity contribution in [3.8, 4) is 0 Å². The van der Waals surface area contributed by atoms with Crippen LogP contribution in [-0.2, 0) is 4.74 Å². The zero-order valence-corrected chi connectivity index (χ0v) is 25.1. The second kappa shape index (κ2) is 12.9. The van der Waals surface area contributed by atoms with Gasteiger partial charge in [-0.1, -0.05) is 84.8 Å². The van der Waals surface area contributed by atoms with Gasteiger partial charge in [0, 0.05) is 13.0 Å². The van der Waals surface area contributed by atoms with Gasteiger partial charge >= 0.3 is 6.09 Å². The van der Waals surface area contributed by atoms with Gasteiger partial charge in [0.05, 0.1) is 0 Å². The molecule has 4 rings (SSSR count). The number of nitrogens with one attached hydrogen (secondary N) is 1. The first-order valence-corrected chi connectivity index (χ1v) is 16.5. The Kier molecular flexibility index (Phi) is 10.1. The zero-order chi connectivity index (χ0) is 26.5. The van der Waals surface area contributed by atoms with E-state index >= 15 is 0 Å². The molecule has 0 spiro atoms. The highest BCUT2D eigenvalue weighted by Gasteiger charge is 2.59.